The van der Waals surface area contributed by atoms with Gasteiger partial charge in [0, 0.05) is 19.6 Å². The highest BCUT2D eigenvalue weighted by Gasteiger charge is 2.18. The Labute approximate surface area is 123 Å². The van der Waals surface area contributed by atoms with E-state index >= 15 is 0 Å². The first-order chi connectivity index (χ1) is 9.67. The number of hydrogen-bond acceptors (Lipinski definition) is 4. The second-order valence-corrected chi connectivity index (χ2v) is 6.09. The third-order valence-corrected chi connectivity index (χ3v) is 4.06. The van der Waals surface area contributed by atoms with Crippen LogP contribution in [-0.2, 0) is 13.1 Å². The van der Waals surface area contributed by atoms with E-state index in [-0.39, 0.29) is 0 Å². The van der Waals surface area contributed by atoms with E-state index in [0.29, 0.717) is 0 Å². The summed E-state index contributed by atoms with van der Waals surface area (Å²) in [6, 6.07) is 6.32. The van der Waals surface area contributed by atoms with Crippen LogP contribution in [0.5, 0.6) is 0 Å². The van der Waals surface area contributed by atoms with Gasteiger partial charge in [-0.3, -0.25) is 4.98 Å². The molecular formula is C16H28N4. The summed E-state index contributed by atoms with van der Waals surface area (Å²) in [5.74, 6) is 0.844. The van der Waals surface area contributed by atoms with Crippen molar-refractivity contribution >= 4 is 0 Å². The SMILES string of the molecule is CNCc1cccc(CN(C)CC2CCN(C)CC2)n1. The van der Waals surface area contributed by atoms with Crippen LogP contribution in [0.1, 0.15) is 24.2 Å². The largest absolute Gasteiger partial charge is 0.314 e. The zero-order valence-corrected chi connectivity index (χ0v) is 13.1. The van der Waals surface area contributed by atoms with E-state index in [2.05, 4.69) is 47.4 Å². The number of piperidine rings is 1. The number of rotatable bonds is 6. The predicted molar refractivity (Wildman–Crippen MR) is 83.6 cm³/mol. The average molecular weight is 276 g/mol. The molecule has 0 radical (unpaired) electrons. The van der Waals surface area contributed by atoms with Gasteiger partial charge in [-0.05, 0) is 65.1 Å². The third kappa shape index (κ3) is 4.85. The number of likely N-dealkylation sites (tertiary alicyclic amines) is 1. The Bertz CT molecular complexity index is 399. The summed E-state index contributed by atoms with van der Waals surface area (Å²) in [4.78, 5) is 9.54. The fraction of sp³-hybridized carbons (Fsp3) is 0.688. The number of nitrogens with zero attached hydrogens (tertiary/aromatic N) is 3. The third-order valence-electron chi connectivity index (χ3n) is 4.06. The van der Waals surface area contributed by atoms with Gasteiger partial charge in [-0.1, -0.05) is 6.07 Å². The summed E-state index contributed by atoms with van der Waals surface area (Å²) in [7, 11) is 6.39. The van der Waals surface area contributed by atoms with E-state index in [9.17, 15) is 0 Å². The Morgan fingerprint density at radius 3 is 2.70 bits per heavy atom. The summed E-state index contributed by atoms with van der Waals surface area (Å²) >= 11 is 0. The van der Waals surface area contributed by atoms with Crippen molar-refractivity contribution in [1.29, 1.82) is 0 Å². The maximum atomic E-state index is 4.70. The minimum absolute atomic E-state index is 0.840. The van der Waals surface area contributed by atoms with Crippen molar-refractivity contribution < 1.29 is 0 Å². The van der Waals surface area contributed by atoms with Crippen LogP contribution >= 0.6 is 0 Å². The van der Waals surface area contributed by atoms with E-state index in [4.69, 9.17) is 4.98 Å². The number of hydrogen-bond donors (Lipinski definition) is 1. The molecule has 2 rings (SSSR count). The second kappa shape index (κ2) is 7.72. The van der Waals surface area contributed by atoms with Crippen molar-refractivity contribution in [3.05, 3.63) is 29.6 Å². The quantitative estimate of drug-likeness (QED) is 0.855. The Morgan fingerprint density at radius 2 is 2.00 bits per heavy atom. The lowest BCUT2D eigenvalue weighted by atomic mass is 9.96. The molecule has 1 saturated heterocycles. The number of aromatic nitrogens is 1. The number of pyridine rings is 1. The molecule has 0 aromatic carbocycles. The Morgan fingerprint density at radius 1 is 1.30 bits per heavy atom. The average Bonchev–Trinajstić information content (AvgIpc) is 2.42. The molecule has 4 nitrogen and oxygen atoms in total. The monoisotopic (exact) mass is 276 g/mol. The molecule has 1 N–H and O–H groups in total. The van der Waals surface area contributed by atoms with E-state index in [0.717, 1.165) is 24.7 Å². The molecule has 0 aliphatic carbocycles. The van der Waals surface area contributed by atoms with Gasteiger partial charge >= 0.3 is 0 Å². The van der Waals surface area contributed by atoms with Gasteiger partial charge in [-0.2, -0.15) is 0 Å². The van der Waals surface area contributed by atoms with Crippen molar-refractivity contribution in [3.8, 4) is 0 Å². The first-order valence-electron chi connectivity index (χ1n) is 7.64. The van der Waals surface area contributed by atoms with Gasteiger partial charge in [0.2, 0.25) is 0 Å². The summed E-state index contributed by atoms with van der Waals surface area (Å²) < 4.78 is 0. The molecule has 1 aliphatic rings. The highest BCUT2D eigenvalue weighted by atomic mass is 15.1. The van der Waals surface area contributed by atoms with Crippen LogP contribution in [0.3, 0.4) is 0 Å². The highest BCUT2D eigenvalue weighted by Crippen LogP contribution is 2.17. The van der Waals surface area contributed by atoms with Crippen LogP contribution in [0.2, 0.25) is 0 Å². The van der Waals surface area contributed by atoms with Gasteiger partial charge in [0.05, 0.1) is 11.4 Å². The molecule has 1 aromatic rings. The van der Waals surface area contributed by atoms with Gasteiger partial charge in [-0.25, -0.2) is 0 Å². The lowest BCUT2D eigenvalue weighted by Gasteiger charge is -2.31. The molecular weight excluding hydrogens is 248 g/mol. The van der Waals surface area contributed by atoms with Crippen molar-refractivity contribution in [1.82, 2.24) is 20.1 Å². The maximum Gasteiger partial charge on any atom is 0.0547 e. The second-order valence-electron chi connectivity index (χ2n) is 6.09. The first kappa shape index (κ1) is 15.4. The summed E-state index contributed by atoms with van der Waals surface area (Å²) in [6.45, 7) is 5.46. The zero-order chi connectivity index (χ0) is 14.4. The van der Waals surface area contributed by atoms with Gasteiger partial charge in [-0.15, -0.1) is 0 Å². The smallest absolute Gasteiger partial charge is 0.0547 e. The molecule has 1 aliphatic heterocycles. The highest BCUT2D eigenvalue weighted by molar-refractivity contribution is 5.11. The molecule has 1 fully saturated rings. The Balaban J connectivity index is 1.81. The van der Waals surface area contributed by atoms with Crippen molar-refractivity contribution in [3.63, 3.8) is 0 Å². The lowest BCUT2D eigenvalue weighted by Crippen LogP contribution is -2.35. The molecule has 0 spiro atoms. The van der Waals surface area contributed by atoms with Gasteiger partial charge in [0.15, 0.2) is 0 Å². The lowest BCUT2D eigenvalue weighted by molar-refractivity contribution is 0.172. The van der Waals surface area contributed by atoms with Crippen molar-refractivity contribution in [2.24, 2.45) is 5.92 Å². The first-order valence-corrected chi connectivity index (χ1v) is 7.64. The minimum Gasteiger partial charge on any atom is -0.314 e. The molecule has 1 aromatic heterocycles. The van der Waals surface area contributed by atoms with Crippen molar-refractivity contribution in [2.75, 3.05) is 40.8 Å². The summed E-state index contributed by atoms with van der Waals surface area (Å²) in [5.41, 5.74) is 2.30. The molecule has 0 amide bonds. The van der Waals surface area contributed by atoms with Crippen LogP contribution < -0.4 is 5.32 Å². The van der Waals surface area contributed by atoms with E-state index in [1.54, 1.807) is 0 Å². The summed E-state index contributed by atoms with van der Waals surface area (Å²) in [6.07, 6.45) is 2.65. The maximum absolute atomic E-state index is 4.70. The van der Waals surface area contributed by atoms with E-state index in [1.165, 1.54) is 38.2 Å². The Kier molecular flexibility index (Phi) is 5.95. The molecule has 0 atom stereocenters. The topological polar surface area (TPSA) is 31.4 Å². The van der Waals surface area contributed by atoms with Gasteiger partial charge < -0.3 is 15.1 Å². The molecule has 0 bridgehead atoms. The molecule has 112 valence electrons. The van der Waals surface area contributed by atoms with Gasteiger partial charge in [0.25, 0.3) is 0 Å². The minimum atomic E-state index is 0.840. The van der Waals surface area contributed by atoms with Crippen LogP contribution in [0, 0.1) is 5.92 Å². The fourth-order valence-corrected chi connectivity index (χ4v) is 2.92. The molecule has 20 heavy (non-hydrogen) atoms. The standard InChI is InChI=1S/C16H28N4/c1-17-11-15-5-4-6-16(18-15)13-20(3)12-14-7-9-19(2)10-8-14/h4-6,14,17H,7-13H2,1-3H3. The van der Waals surface area contributed by atoms with Crippen LogP contribution in [-0.4, -0.2) is 55.6 Å². The number of nitrogens with one attached hydrogen (secondary N) is 1. The van der Waals surface area contributed by atoms with Crippen LogP contribution in [0.25, 0.3) is 0 Å². The Hall–Kier alpha value is -0.970. The molecule has 2 heterocycles. The van der Waals surface area contributed by atoms with Crippen LogP contribution in [0.4, 0.5) is 0 Å². The van der Waals surface area contributed by atoms with Gasteiger partial charge in [0.1, 0.15) is 0 Å². The molecule has 0 unspecified atom stereocenters. The summed E-state index contributed by atoms with van der Waals surface area (Å²) in [5, 5.41) is 3.15. The zero-order valence-electron chi connectivity index (χ0n) is 13.1. The van der Waals surface area contributed by atoms with E-state index < -0.39 is 0 Å². The predicted octanol–water partition coefficient (Wildman–Crippen LogP) is 1.57. The van der Waals surface area contributed by atoms with E-state index in [1.807, 2.05) is 7.05 Å². The molecule has 0 saturated carbocycles. The molecule has 4 heteroatoms. The van der Waals surface area contributed by atoms with Crippen LogP contribution in [0.15, 0.2) is 18.2 Å². The fourth-order valence-electron chi connectivity index (χ4n) is 2.92. The normalized spacial score (nSPS) is 17.8. The van der Waals surface area contributed by atoms with Crippen molar-refractivity contribution in [2.45, 2.75) is 25.9 Å².